The number of anilines is 1. The van der Waals surface area contributed by atoms with Crippen LogP contribution in [0.2, 0.25) is 0 Å². The molecule has 3 rings (SSSR count). The first-order valence-corrected chi connectivity index (χ1v) is 8.37. The Labute approximate surface area is 156 Å². The second-order valence-electron chi connectivity index (χ2n) is 6.07. The van der Waals surface area contributed by atoms with Crippen molar-refractivity contribution in [2.24, 2.45) is 5.73 Å². The number of imidazole rings is 1. The quantitative estimate of drug-likeness (QED) is 0.702. The summed E-state index contributed by atoms with van der Waals surface area (Å²) in [7, 11) is 0. The first-order chi connectivity index (χ1) is 12.9. The molecule has 0 aliphatic heterocycles. The fraction of sp³-hybridized carbons (Fsp3) is 0.150. The molecule has 0 atom stereocenters. The predicted molar refractivity (Wildman–Crippen MR) is 102 cm³/mol. The summed E-state index contributed by atoms with van der Waals surface area (Å²) in [5.74, 6) is -0.319. The van der Waals surface area contributed by atoms with E-state index in [9.17, 15) is 9.59 Å². The first-order valence-electron chi connectivity index (χ1n) is 8.37. The molecule has 7 heteroatoms. The Morgan fingerprint density at radius 3 is 2.30 bits per heavy atom. The van der Waals surface area contributed by atoms with Crippen molar-refractivity contribution in [3.8, 4) is 11.4 Å². The molecule has 0 bridgehead atoms. The highest BCUT2D eigenvalue weighted by Gasteiger charge is 2.08. The van der Waals surface area contributed by atoms with E-state index in [0.717, 1.165) is 17.1 Å². The predicted octanol–water partition coefficient (Wildman–Crippen LogP) is 2.61. The lowest BCUT2D eigenvalue weighted by atomic mass is 10.2. The number of hydrogen-bond donors (Lipinski definition) is 2. The molecule has 27 heavy (non-hydrogen) atoms. The molecule has 0 saturated carbocycles. The maximum Gasteiger partial charge on any atom is 0.255 e. The molecule has 3 aromatic rings. The molecule has 7 nitrogen and oxygen atoms in total. The van der Waals surface area contributed by atoms with E-state index >= 15 is 0 Å². The molecule has 0 unspecified atom stereocenters. The van der Waals surface area contributed by atoms with Crippen molar-refractivity contribution in [1.29, 1.82) is 0 Å². The summed E-state index contributed by atoms with van der Waals surface area (Å²) in [4.78, 5) is 27.4. The normalized spacial score (nSPS) is 10.4. The summed E-state index contributed by atoms with van der Waals surface area (Å²) in [6.45, 7) is 3.77. The maximum absolute atomic E-state index is 12.4. The smallest absolute Gasteiger partial charge is 0.255 e. The van der Waals surface area contributed by atoms with Crippen LogP contribution in [-0.4, -0.2) is 28.0 Å². The van der Waals surface area contributed by atoms with E-state index in [1.807, 2.05) is 42.7 Å². The highest BCUT2D eigenvalue weighted by atomic mass is 16.5. The molecular formula is C20H20N4O3. The number of rotatable bonds is 6. The van der Waals surface area contributed by atoms with Crippen molar-refractivity contribution >= 4 is 17.5 Å². The molecule has 0 saturated heterocycles. The molecule has 0 spiro atoms. The lowest BCUT2D eigenvalue weighted by Gasteiger charge is -2.09. The van der Waals surface area contributed by atoms with Gasteiger partial charge in [-0.3, -0.25) is 9.59 Å². The number of benzene rings is 2. The van der Waals surface area contributed by atoms with Crippen molar-refractivity contribution in [1.82, 2.24) is 9.55 Å². The molecule has 1 aromatic heterocycles. The van der Waals surface area contributed by atoms with Gasteiger partial charge >= 0.3 is 0 Å². The molecule has 1 heterocycles. The summed E-state index contributed by atoms with van der Waals surface area (Å²) < 4.78 is 7.17. The van der Waals surface area contributed by atoms with Gasteiger partial charge < -0.3 is 20.4 Å². The van der Waals surface area contributed by atoms with Gasteiger partial charge in [-0.25, -0.2) is 4.98 Å². The van der Waals surface area contributed by atoms with E-state index in [1.165, 1.54) is 0 Å². The van der Waals surface area contributed by atoms with Gasteiger partial charge in [-0.1, -0.05) is 0 Å². The van der Waals surface area contributed by atoms with Gasteiger partial charge in [0.15, 0.2) is 6.61 Å². The standard InChI is InChI=1S/C20H20N4O3/c1-13-14(2)24(12-22-13)17-7-5-16(6-8-17)23-20(26)15-3-9-18(10-4-15)27-11-19(21)25/h3-10,12H,11H2,1-2H3,(H2,21,25)(H,23,26). The summed E-state index contributed by atoms with van der Waals surface area (Å²) in [5.41, 5.74) is 9.22. The zero-order valence-corrected chi connectivity index (χ0v) is 15.1. The molecule has 0 aliphatic carbocycles. The van der Waals surface area contributed by atoms with Crippen LogP contribution in [0.5, 0.6) is 5.75 Å². The third-order valence-electron chi connectivity index (χ3n) is 4.15. The van der Waals surface area contributed by atoms with Gasteiger partial charge in [-0.2, -0.15) is 0 Å². The molecule has 2 amide bonds. The zero-order chi connectivity index (χ0) is 19.4. The van der Waals surface area contributed by atoms with Gasteiger partial charge in [-0.15, -0.1) is 0 Å². The number of carbonyl (C=O) groups is 2. The van der Waals surface area contributed by atoms with Crippen molar-refractivity contribution in [2.75, 3.05) is 11.9 Å². The number of amides is 2. The Kier molecular flexibility index (Phi) is 5.21. The number of ether oxygens (including phenoxy) is 1. The Bertz CT molecular complexity index is 960. The van der Waals surface area contributed by atoms with Crippen LogP contribution in [0.15, 0.2) is 54.9 Å². The Hall–Kier alpha value is -3.61. The Balaban J connectivity index is 1.65. The molecule has 0 radical (unpaired) electrons. The molecule has 0 aliphatic rings. The monoisotopic (exact) mass is 364 g/mol. The van der Waals surface area contributed by atoms with Gasteiger partial charge in [0.25, 0.3) is 11.8 Å². The second kappa shape index (κ2) is 7.74. The zero-order valence-electron chi connectivity index (χ0n) is 15.1. The SMILES string of the molecule is Cc1ncn(-c2ccc(NC(=O)c3ccc(OCC(N)=O)cc3)cc2)c1C. The number of nitrogens with one attached hydrogen (secondary N) is 1. The average molecular weight is 364 g/mol. The summed E-state index contributed by atoms with van der Waals surface area (Å²) in [6.07, 6.45) is 1.78. The molecule has 3 N–H and O–H groups in total. The summed E-state index contributed by atoms with van der Waals surface area (Å²) in [5, 5.41) is 2.85. The second-order valence-corrected chi connectivity index (χ2v) is 6.07. The minimum atomic E-state index is -0.554. The third kappa shape index (κ3) is 4.33. The van der Waals surface area contributed by atoms with Gasteiger partial charge in [0, 0.05) is 22.6 Å². The van der Waals surface area contributed by atoms with Crippen LogP contribution in [0.4, 0.5) is 5.69 Å². The fourth-order valence-electron chi connectivity index (χ4n) is 2.52. The van der Waals surface area contributed by atoms with Crippen LogP contribution in [0.3, 0.4) is 0 Å². The van der Waals surface area contributed by atoms with Crippen molar-refractivity contribution in [3.63, 3.8) is 0 Å². The lowest BCUT2D eigenvalue weighted by Crippen LogP contribution is -2.20. The first kappa shape index (κ1) is 18.2. The summed E-state index contributed by atoms with van der Waals surface area (Å²) >= 11 is 0. The number of aryl methyl sites for hydroxylation is 1. The lowest BCUT2D eigenvalue weighted by molar-refractivity contribution is -0.119. The Morgan fingerprint density at radius 2 is 1.74 bits per heavy atom. The van der Waals surface area contributed by atoms with Crippen LogP contribution in [0.1, 0.15) is 21.7 Å². The minimum Gasteiger partial charge on any atom is -0.484 e. The summed E-state index contributed by atoms with van der Waals surface area (Å²) in [6, 6.07) is 14.0. The largest absolute Gasteiger partial charge is 0.484 e. The van der Waals surface area contributed by atoms with Crippen molar-refractivity contribution in [3.05, 3.63) is 71.8 Å². The van der Waals surface area contributed by atoms with Crippen LogP contribution in [0, 0.1) is 13.8 Å². The number of carbonyl (C=O) groups excluding carboxylic acids is 2. The average Bonchev–Trinajstić information content (AvgIpc) is 3.00. The highest BCUT2D eigenvalue weighted by Crippen LogP contribution is 2.18. The van der Waals surface area contributed by atoms with Crippen molar-refractivity contribution < 1.29 is 14.3 Å². The maximum atomic E-state index is 12.4. The van der Waals surface area contributed by atoms with E-state index in [0.29, 0.717) is 17.0 Å². The van der Waals surface area contributed by atoms with Gasteiger partial charge in [0.05, 0.1) is 12.0 Å². The van der Waals surface area contributed by atoms with Crippen LogP contribution < -0.4 is 15.8 Å². The number of nitrogens with zero attached hydrogens (tertiary/aromatic N) is 2. The molecular weight excluding hydrogens is 344 g/mol. The van der Waals surface area contributed by atoms with E-state index < -0.39 is 5.91 Å². The number of hydrogen-bond acceptors (Lipinski definition) is 4. The molecule has 0 fully saturated rings. The number of nitrogens with two attached hydrogens (primary N) is 1. The topological polar surface area (TPSA) is 99.2 Å². The van der Waals surface area contributed by atoms with Crippen LogP contribution in [0.25, 0.3) is 5.69 Å². The molecule has 138 valence electrons. The van der Waals surface area contributed by atoms with E-state index in [-0.39, 0.29) is 12.5 Å². The minimum absolute atomic E-state index is 0.201. The van der Waals surface area contributed by atoms with Gasteiger partial charge in [0.1, 0.15) is 5.75 Å². The molecule has 2 aromatic carbocycles. The van der Waals surface area contributed by atoms with Crippen LogP contribution >= 0.6 is 0 Å². The fourth-order valence-corrected chi connectivity index (χ4v) is 2.52. The Morgan fingerprint density at radius 1 is 1.07 bits per heavy atom. The van der Waals surface area contributed by atoms with Crippen LogP contribution in [-0.2, 0) is 4.79 Å². The van der Waals surface area contributed by atoms with Gasteiger partial charge in [0.2, 0.25) is 0 Å². The number of aromatic nitrogens is 2. The van der Waals surface area contributed by atoms with E-state index in [1.54, 1.807) is 30.6 Å². The van der Waals surface area contributed by atoms with E-state index in [4.69, 9.17) is 10.5 Å². The van der Waals surface area contributed by atoms with Crippen molar-refractivity contribution in [2.45, 2.75) is 13.8 Å². The number of primary amides is 1. The highest BCUT2D eigenvalue weighted by molar-refractivity contribution is 6.04. The third-order valence-corrected chi connectivity index (χ3v) is 4.15. The van der Waals surface area contributed by atoms with Gasteiger partial charge in [-0.05, 0) is 62.4 Å². The van der Waals surface area contributed by atoms with E-state index in [2.05, 4.69) is 10.3 Å².